The fourth-order valence-electron chi connectivity index (χ4n) is 3.93. The second-order valence-electron chi connectivity index (χ2n) is 8.48. The average Bonchev–Trinajstić information content (AvgIpc) is 3.03. The summed E-state index contributed by atoms with van der Waals surface area (Å²) in [6, 6.07) is 11.7. The van der Waals surface area contributed by atoms with Crippen LogP contribution in [0.3, 0.4) is 0 Å². The second kappa shape index (κ2) is 10.3. The molecule has 1 atom stereocenters. The van der Waals surface area contributed by atoms with Crippen LogP contribution in [0.2, 0.25) is 5.02 Å². The monoisotopic (exact) mass is 471 g/mol. The van der Waals surface area contributed by atoms with Gasteiger partial charge in [-0.2, -0.15) is 0 Å². The zero-order chi connectivity index (χ0) is 24.3. The van der Waals surface area contributed by atoms with Crippen molar-refractivity contribution in [3.05, 3.63) is 64.2 Å². The number of likely N-dealkylation sites (tertiary alicyclic amines) is 1. The van der Waals surface area contributed by atoms with Crippen LogP contribution in [0.4, 0.5) is 5.69 Å². The van der Waals surface area contributed by atoms with E-state index in [1.807, 2.05) is 62.3 Å². The zero-order valence-electron chi connectivity index (χ0n) is 19.6. The Labute approximate surface area is 199 Å². The largest absolute Gasteiger partial charge is 0.507 e. The Morgan fingerprint density at radius 2 is 1.76 bits per heavy atom. The first-order valence-electron chi connectivity index (χ1n) is 10.7. The van der Waals surface area contributed by atoms with E-state index in [9.17, 15) is 14.7 Å². The minimum atomic E-state index is -0.724. The van der Waals surface area contributed by atoms with Crippen LogP contribution in [0.25, 0.3) is 5.76 Å². The molecule has 33 heavy (non-hydrogen) atoms. The maximum absolute atomic E-state index is 13.2. The highest BCUT2D eigenvalue weighted by Gasteiger charge is 2.46. The molecule has 0 aromatic heterocycles. The van der Waals surface area contributed by atoms with Gasteiger partial charge in [0.2, 0.25) is 0 Å². The topological polar surface area (TPSA) is 73.3 Å². The molecule has 0 radical (unpaired) electrons. The molecule has 3 rings (SSSR count). The summed E-state index contributed by atoms with van der Waals surface area (Å²) in [6.45, 7) is 1.14. The number of Topliss-reactive ketones (excluding diaryl/α,β-unsaturated/α-hetero) is 1. The third-order valence-corrected chi connectivity index (χ3v) is 6.03. The van der Waals surface area contributed by atoms with E-state index in [0.29, 0.717) is 18.7 Å². The highest BCUT2D eigenvalue weighted by atomic mass is 35.5. The molecule has 176 valence electrons. The molecule has 0 spiro atoms. The third kappa shape index (κ3) is 5.15. The molecule has 1 fully saturated rings. The summed E-state index contributed by atoms with van der Waals surface area (Å²) < 4.78 is 5.25. The lowest BCUT2D eigenvalue weighted by molar-refractivity contribution is -0.139. The highest BCUT2D eigenvalue weighted by molar-refractivity contribution is 6.47. The molecule has 2 aromatic carbocycles. The summed E-state index contributed by atoms with van der Waals surface area (Å²) in [5.74, 6) is -1.18. The van der Waals surface area contributed by atoms with Crippen LogP contribution >= 0.6 is 11.6 Å². The number of carbonyl (C=O) groups excluding carboxylic acids is 2. The van der Waals surface area contributed by atoms with Gasteiger partial charge in [0, 0.05) is 31.9 Å². The minimum absolute atomic E-state index is 0.0256. The van der Waals surface area contributed by atoms with Crippen molar-refractivity contribution < 1.29 is 19.4 Å². The number of ketones is 1. The smallest absolute Gasteiger partial charge is 0.295 e. The van der Waals surface area contributed by atoms with Crippen LogP contribution < -0.4 is 9.64 Å². The molecule has 1 amide bonds. The Balaban J connectivity index is 2.14. The summed E-state index contributed by atoms with van der Waals surface area (Å²) >= 11 is 6.34. The van der Waals surface area contributed by atoms with Gasteiger partial charge in [0.25, 0.3) is 11.7 Å². The molecule has 7 nitrogen and oxygen atoms in total. The Bertz CT molecular complexity index is 1060. The molecule has 1 unspecified atom stereocenters. The molecule has 2 aromatic rings. The number of nitrogens with zero attached hydrogens (tertiary/aromatic N) is 3. The molecule has 1 saturated heterocycles. The molecule has 0 saturated carbocycles. The molecular weight excluding hydrogens is 442 g/mol. The predicted molar refractivity (Wildman–Crippen MR) is 131 cm³/mol. The lowest BCUT2D eigenvalue weighted by atomic mass is 9.95. The van der Waals surface area contributed by atoms with Gasteiger partial charge in [-0.15, -0.1) is 0 Å². The molecule has 0 bridgehead atoms. The van der Waals surface area contributed by atoms with E-state index in [2.05, 4.69) is 0 Å². The number of carbonyl (C=O) groups is 2. The van der Waals surface area contributed by atoms with Crippen LogP contribution in [-0.4, -0.2) is 75.0 Å². The van der Waals surface area contributed by atoms with Gasteiger partial charge in [0.15, 0.2) is 0 Å². The van der Waals surface area contributed by atoms with Gasteiger partial charge in [-0.3, -0.25) is 9.59 Å². The normalized spacial score (nSPS) is 17.7. The van der Waals surface area contributed by atoms with Crippen molar-refractivity contribution in [3.8, 4) is 5.75 Å². The van der Waals surface area contributed by atoms with Gasteiger partial charge in [-0.25, -0.2) is 0 Å². The number of ether oxygens (including phenoxy) is 1. The molecule has 1 aliphatic rings. The van der Waals surface area contributed by atoms with Crippen LogP contribution in [-0.2, 0) is 9.59 Å². The van der Waals surface area contributed by atoms with Crippen molar-refractivity contribution >= 4 is 34.7 Å². The van der Waals surface area contributed by atoms with E-state index in [-0.39, 0.29) is 21.9 Å². The van der Waals surface area contributed by atoms with Gasteiger partial charge in [-0.1, -0.05) is 23.7 Å². The third-order valence-electron chi connectivity index (χ3n) is 5.70. The SMILES string of the molecule is COc1ccc(Cl)c(/C(O)=C2\C(=O)C(=O)N(CCCN(C)C)C2c2ccc(N(C)C)cc2)c1. The molecule has 1 N–H and O–H groups in total. The van der Waals surface area contributed by atoms with Crippen molar-refractivity contribution in [1.82, 2.24) is 9.80 Å². The maximum Gasteiger partial charge on any atom is 0.295 e. The molecular formula is C25H30ClN3O4. The van der Waals surface area contributed by atoms with Crippen LogP contribution in [0.1, 0.15) is 23.6 Å². The number of anilines is 1. The number of rotatable bonds is 8. The number of amides is 1. The first-order valence-corrected chi connectivity index (χ1v) is 11.1. The molecule has 1 aliphatic heterocycles. The molecule has 8 heteroatoms. The van der Waals surface area contributed by atoms with Crippen molar-refractivity contribution in [1.29, 1.82) is 0 Å². The fraction of sp³-hybridized carbons (Fsp3) is 0.360. The van der Waals surface area contributed by atoms with E-state index < -0.39 is 17.7 Å². The Kier molecular flexibility index (Phi) is 7.66. The van der Waals surface area contributed by atoms with Crippen molar-refractivity contribution in [2.24, 2.45) is 0 Å². The van der Waals surface area contributed by atoms with E-state index >= 15 is 0 Å². The van der Waals surface area contributed by atoms with Crippen LogP contribution in [0.5, 0.6) is 5.75 Å². The lowest BCUT2D eigenvalue weighted by Crippen LogP contribution is -2.32. The number of halogens is 1. The van der Waals surface area contributed by atoms with Gasteiger partial charge in [0.05, 0.1) is 23.7 Å². The van der Waals surface area contributed by atoms with E-state index in [0.717, 1.165) is 17.8 Å². The van der Waals surface area contributed by atoms with Gasteiger partial charge < -0.3 is 24.5 Å². The summed E-state index contributed by atoms with van der Waals surface area (Å²) in [6.07, 6.45) is 0.687. The number of methoxy groups -OCH3 is 1. The Hall–Kier alpha value is -3.03. The lowest BCUT2D eigenvalue weighted by Gasteiger charge is -2.26. The maximum atomic E-state index is 13.2. The summed E-state index contributed by atoms with van der Waals surface area (Å²) in [7, 11) is 9.29. The van der Waals surface area contributed by atoms with Gasteiger partial charge >= 0.3 is 0 Å². The quantitative estimate of drug-likeness (QED) is 0.359. The number of benzene rings is 2. The molecule has 1 heterocycles. The fourth-order valence-corrected chi connectivity index (χ4v) is 4.13. The van der Waals surface area contributed by atoms with Crippen molar-refractivity contribution in [2.75, 3.05) is 53.3 Å². The minimum Gasteiger partial charge on any atom is -0.507 e. The zero-order valence-corrected chi connectivity index (χ0v) is 20.4. The summed E-state index contributed by atoms with van der Waals surface area (Å²) in [5, 5.41) is 11.5. The van der Waals surface area contributed by atoms with Crippen molar-refractivity contribution in [3.63, 3.8) is 0 Å². The molecule has 0 aliphatic carbocycles. The highest BCUT2D eigenvalue weighted by Crippen LogP contribution is 2.41. The standard InChI is InChI=1S/C25H30ClN3O4/c1-27(2)13-6-14-29-22(16-7-9-17(10-8-16)28(3)4)21(24(31)25(29)32)23(30)19-15-18(33-5)11-12-20(19)26/h7-12,15,22,30H,6,13-14H2,1-5H3/b23-21+. The van der Waals surface area contributed by atoms with Crippen molar-refractivity contribution in [2.45, 2.75) is 12.5 Å². The van der Waals surface area contributed by atoms with Gasteiger partial charge in [0.1, 0.15) is 11.5 Å². The number of aliphatic hydroxyl groups excluding tert-OH is 1. The van der Waals surface area contributed by atoms with E-state index in [1.54, 1.807) is 18.2 Å². The predicted octanol–water partition coefficient (Wildman–Crippen LogP) is 3.79. The summed E-state index contributed by atoms with van der Waals surface area (Å²) in [5.41, 5.74) is 2.00. The number of hydrogen-bond acceptors (Lipinski definition) is 6. The van der Waals surface area contributed by atoms with E-state index in [4.69, 9.17) is 16.3 Å². The van der Waals surface area contributed by atoms with Crippen LogP contribution in [0.15, 0.2) is 48.0 Å². The first kappa shape index (κ1) is 24.6. The average molecular weight is 472 g/mol. The Morgan fingerprint density at radius 1 is 1.09 bits per heavy atom. The summed E-state index contributed by atoms with van der Waals surface area (Å²) in [4.78, 5) is 31.7. The number of hydrogen-bond donors (Lipinski definition) is 1. The van der Waals surface area contributed by atoms with Crippen LogP contribution in [0, 0.1) is 0 Å². The Morgan fingerprint density at radius 3 is 2.33 bits per heavy atom. The first-order chi connectivity index (χ1) is 15.6. The number of aliphatic hydroxyl groups is 1. The van der Waals surface area contributed by atoms with E-state index in [1.165, 1.54) is 12.0 Å². The van der Waals surface area contributed by atoms with Gasteiger partial charge in [-0.05, 0) is 63.0 Å². The second-order valence-corrected chi connectivity index (χ2v) is 8.89.